The van der Waals surface area contributed by atoms with Gasteiger partial charge in [0.1, 0.15) is 0 Å². The minimum atomic E-state index is 0.124. The number of rotatable bonds is 2. The molecule has 0 aromatic rings. The van der Waals surface area contributed by atoms with Crippen molar-refractivity contribution in [2.24, 2.45) is 16.8 Å². The van der Waals surface area contributed by atoms with E-state index in [1.807, 2.05) is 12.3 Å². The van der Waals surface area contributed by atoms with Crippen molar-refractivity contribution in [1.29, 1.82) is 0 Å². The molecule has 0 bridgehead atoms. The summed E-state index contributed by atoms with van der Waals surface area (Å²) in [4.78, 5) is 5.22. The number of allylic oxidation sites excluding steroid dienone is 2. The average molecular weight is 164 g/mol. The molecule has 2 rings (SSSR count). The Morgan fingerprint density at radius 1 is 1.58 bits per heavy atom. The molecule has 64 valence electrons. The van der Waals surface area contributed by atoms with Gasteiger partial charge in [-0.1, -0.05) is 23.4 Å². The van der Waals surface area contributed by atoms with Gasteiger partial charge < -0.3 is 10.6 Å². The first-order valence-electron chi connectivity index (χ1n) is 4.18. The standard InChI is InChI=1S/C9H12N2O/c10-5-4-7-2-1-3-8-6-11-12-9(7)8/h1-3,6,8-9H,4-5,10H2. The Kier molecular flexibility index (Phi) is 1.96. The van der Waals surface area contributed by atoms with Gasteiger partial charge in [-0.15, -0.1) is 0 Å². The summed E-state index contributed by atoms with van der Waals surface area (Å²) in [7, 11) is 0. The van der Waals surface area contributed by atoms with E-state index < -0.39 is 0 Å². The molecule has 0 spiro atoms. The molecule has 3 heteroatoms. The van der Waals surface area contributed by atoms with Crippen LogP contribution in [0.4, 0.5) is 0 Å². The Hall–Kier alpha value is -1.09. The maximum atomic E-state index is 5.48. The molecular formula is C9H12N2O. The summed E-state index contributed by atoms with van der Waals surface area (Å²) in [6.45, 7) is 0.673. The van der Waals surface area contributed by atoms with E-state index in [-0.39, 0.29) is 6.10 Å². The fourth-order valence-electron chi connectivity index (χ4n) is 1.58. The van der Waals surface area contributed by atoms with Gasteiger partial charge in [-0.05, 0) is 18.5 Å². The van der Waals surface area contributed by atoms with E-state index in [0.29, 0.717) is 12.5 Å². The van der Waals surface area contributed by atoms with Crippen molar-refractivity contribution in [3.8, 4) is 0 Å². The fourth-order valence-corrected chi connectivity index (χ4v) is 1.58. The highest BCUT2D eigenvalue weighted by Crippen LogP contribution is 2.27. The second-order valence-electron chi connectivity index (χ2n) is 3.02. The van der Waals surface area contributed by atoms with Gasteiger partial charge in [-0.3, -0.25) is 0 Å². The summed E-state index contributed by atoms with van der Waals surface area (Å²) < 4.78 is 0. The summed E-state index contributed by atoms with van der Waals surface area (Å²) in [6.07, 6.45) is 9.08. The van der Waals surface area contributed by atoms with E-state index in [0.717, 1.165) is 6.42 Å². The van der Waals surface area contributed by atoms with E-state index in [1.165, 1.54) is 5.57 Å². The Morgan fingerprint density at radius 2 is 2.50 bits per heavy atom. The van der Waals surface area contributed by atoms with Gasteiger partial charge >= 0.3 is 0 Å². The maximum absolute atomic E-state index is 5.48. The number of hydrogen-bond donors (Lipinski definition) is 1. The number of hydrogen-bond acceptors (Lipinski definition) is 3. The van der Waals surface area contributed by atoms with Crippen molar-refractivity contribution in [2.75, 3.05) is 6.54 Å². The zero-order valence-corrected chi connectivity index (χ0v) is 6.81. The van der Waals surface area contributed by atoms with Gasteiger partial charge in [-0.25, -0.2) is 0 Å². The fraction of sp³-hybridized carbons (Fsp3) is 0.444. The van der Waals surface area contributed by atoms with Crippen LogP contribution in [0.1, 0.15) is 6.42 Å². The molecule has 0 aromatic heterocycles. The Bertz CT molecular complexity index is 255. The summed E-state index contributed by atoms with van der Waals surface area (Å²) in [5.74, 6) is 0.330. The van der Waals surface area contributed by atoms with Crippen LogP contribution >= 0.6 is 0 Å². The van der Waals surface area contributed by atoms with Gasteiger partial charge in [0.2, 0.25) is 0 Å². The zero-order chi connectivity index (χ0) is 8.39. The van der Waals surface area contributed by atoms with Gasteiger partial charge in [0, 0.05) is 0 Å². The second kappa shape index (κ2) is 3.11. The highest BCUT2D eigenvalue weighted by Gasteiger charge is 2.29. The van der Waals surface area contributed by atoms with Gasteiger partial charge in [-0.2, -0.15) is 0 Å². The van der Waals surface area contributed by atoms with E-state index >= 15 is 0 Å². The monoisotopic (exact) mass is 164 g/mol. The van der Waals surface area contributed by atoms with Crippen LogP contribution in [0.2, 0.25) is 0 Å². The van der Waals surface area contributed by atoms with Crippen LogP contribution in [0.25, 0.3) is 0 Å². The molecule has 0 fully saturated rings. The molecule has 0 saturated carbocycles. The Labute approximate surface area is 71.6 Å². The lowest BCUT2D eigenvalue weighted by atomic mass is 9.90. The molecule has 0 aromatic carbocycles. The summed E-state index contributed by atoms with van der Waals surface area (Å²) in [5, 5.41) is 3.80. The van der Waals surface area contributed by atoms with Crippen LogP contribution in [0.5, 0.6) is 0 Å². The van der Waals surface area contributed by atoms with Crippen molar-refractivity contribution in [3.05, 3.63) is 23.8 Å². The molecule has 0 radical (unpaired) electrons. The Balaban J connectivity index is 2.13. The van der Waals surface area contributed by atoms with Crippen LogP contribution in [0.15, 0.2) is 29.0 Å². The van der Waals surface area contributed by atoms with Crippen LogP contribution in [0.3, 0.4) is 0 Å². The minimum absolute atomic E-state index is 0.124. The molecule has 1 aliphatic carbocycles. The summed E-state index contributed by atoms with van der Waals surface area (Å²) in [6, 6.07) is 0. The topological polar surface area (TPSA) is 47.6 Å². The number of fused-ring (bicyclic) bond motifs is 1. The minimum Gasteiger partial charge on any atom is -0.387 e. The molecule has 1 heterocycles. The number of nitrogens with zero attached hydrogens (tertiary/aromatic N) is 1. The van der Waals surface area contributed by atoms with E-state index in [4.69, 9.17) is 10.6 Å². The van der Waals surface area contributed by atoms with Crippen molar-refractivity contribution < 1.29 is 4.84 Å². The Morgan fingerprint density at radius 3 is 3.33 bits per heavy atom. The van der Waals surface area contributed by atoms with Crippen LogP contribution < -0.4 is 5.73 Å². The molecule has 3 nitrogen and oxygen atoms in total. The van der Waals surface area contributed by atoms with Crippen LogP contribution in [0, 0.1) is 5.92 Å². The first-order valence-corrected chi connectivity index (χ1v) is 4.18. The molecule has 2 unspecified atom stereocenters. The molecule has 12 heavy (non-hydrogen) atoms. The third-order valence-electron chi connectivity index (χ3n) is 2.20. The van der Waals surface area contributed by atoms with Crippen LogP contribution in [-0.2, 0) is 4.84 Å². The molecule has 2 aliphatic rings. The quantitative estimate of drug-likeness (QED) is 0.657. The van der Waals surface area contributed by atoms with E-state index in [1.54, 1.807) is 0 Å². The first kappa shape index (κ1) is 7.55. The van der Waals surface area contributed by atoms with Crippen molar-refractivity contribution in [3.63, 3.8) is 0 Å². The molecule has 0 amide bonds. The molecule has 0 saturated heterocycles. The van der Waals surface area contributed by atoms with E-state index in [9.17, 15) is 0 Å². The lowest BCUT2D eigenvalue weighted by Gasteiger charge is -2.19. The van der Waals surface area contributed by atoms with Crippen molar-refractivity contribution in [1.82, 2.24) is 0 Å². The normalized spacial score (nSPS) is 31.2. The van der Waals surface area contributed by atoms with Crippen molar-refractivity contribution in [2.45, 2.75) is 12.5 Å². The smallest absolute Gasteiger partial charge is 0.160 e. The molecule has 2 N–H and O–H groups in total. The third kappa shape index (κ3) is 1.16. The number of nitrogens with two attached hydrogens (primary N) is 1. The lowest BCUT2D eigenvalue weighted by molar-refractivity contribution is 0.0942. The summed E-state index contributed by atoms with van der Waals surface area (Å²) in [5.41, 5.74) is 6.73. The maximum Gasteiger partial charge on any atom is 0.160 e. The van der Waals surface area contributed by atoms with E-state index in [2.05, 4.69) is 17.3 Å². The lowest BCUT2D eigenvalue weighted by Crippen LogP contribution is -2.23. The van der Waals surface area contributed by atoms with Crippen molar-refractivity contribution >= 4 is 6.21 Å². The zero-order valence-electron chi connectivity index (χ0n) is 6.81. The van der Waals surface area contributed by atoms with Gasteiger partial charge in [0.05, 0.1) is 12.1 Å². The predicted molar refractivity (Wildman–Crippen MR) is 47.7 cm³/mol. The second-order valence-corrected chi connectivity index (χ2v) is 3.02. The molecule has 1 aliphatic heterocycles. The largest absolute Gasteiger partial charge is 0.387 e. The summed E-state index contributed by atoms with van der Waals surface area (Å²) >= 11 is 0. The molecule has 2 atom stereocenters. The van der Waals surface area contributed by atoms with Crippen LogP contribution in [-0.4, -0.2) is 18.9 Å². The average Bonchev–Trinajstić information content (AvgIpc) is 2.53. The third-order valence-corrected chi connectivity index (χ3v) is 2.20. The predicted octanol–water partition coefficient (Wildman–Crippen LogP) is 0.832. The highest BCUT2D eigenvalue weighted by molar-refractivity contribution is 5.67. The SMILES string of the molecule is NCCC1=CC=CC2C=NOC12. The first-order chi connectivity index (χ1) is 5.92. The highest BCUT2D eigenvalue weighted by atomic mass is 16.6. The van der Waals surface area contributed by atoms with Gasteiger partial charge in [0.15, 0.2) is 6.10 Å². The van der Waals surface area contributed by atoms with Gasteiger partial charge in [0.25, 0.3) is 0 Å². The molecular weight excluding hydrogens is 152 g/mol. The number of oxime groups is 1.